The number of nitrogens with zero attached hydrogens (tertiary/aromatic N) is 5. The van der Waals surface area contributed by atoms with Gasteiger partial charge in [-0.2, -0.15) is 0 Å². The summed E-state index contributed by atoms with van der Waals surface area (Å²) in [5.74, 6) is 1.02. The van der Waals surface area contributed by atoms with E-state index < -0.39 is 0 Å². The van der Waals surface area contributed by atoms with E-state index in [1.165, 1.54) is 16.7 Å². The number of aromatic nitrogens is 2. The van der Waals surface area contributed by atoms with Gasteiger partial charge in [0.1, 0.15) is 21.5 Å². The number of fused-ring (bicyclic) bond motifs is 1. The highest BCUT2D eigenvalue weighted by Gasteiger charge is 2.33. The summed E-state index contributed by atoms with van der Waals surface area (Å²) in [6.45, 7) is 5.46. The van der Waals surface area contributed by atoms with Crippen LogP contribution in [-0.2, 0) is 11.3 Å². The van der Waals surface area contributed by atoms with Crippen molar-refractivity contribution in [2.75, 3.05) is 38.1 Å². The molecule has 10 heteroatoms. The van der Waals surface area contributed by atoms with Crippen molar-refractivity contribution in [3.8, 4) is 0 Å². The van der Waals surface area contributed by atoms with Crippen LogP contribution in [0.4, 0.5) is 5.82 Å². The molecule has 1 amide bonds. The van der Waals surface area contributed by atoms with E-state index in [0.717, 1.165) is 31.7 Å². The van der Waals surface area contributed by atoms with E-state index in [1.54, 1.807) is 35.1 Å². The number of hydrogen-bond donors (Lipinski definition) is 0. The zero-order chi connectivity index (χ0) is 23.1. The van der Waals surface area contributed by atoms with Crippen molar-refractivity contribution >= 4 is 51.7 Å². The number of pyridine rings is 1. The van der Waals surface area contributed by atoms with Gasteiger partial charge in [0.25, 0.3) is 11.5 Å². The number of piperazine rings is 1. The van der Waals surface area contributed by atoms with Gasteiger partial charge in [-0.1, -0.05) is 30.0 Å². The maximum atomic E-state index is 13.6. The summed E-state index contributed by atoms with van der Waals surface area (Å²) in [4.78, 5) is 37.9. The Morgan fingerprint density at radius 2 is 1.97 bits per heavy atom. The first-order chi connectivity index (χ1) is 15.9. The van der Waals surface area contributed by atoms with Crippen molar-refractivity contribution in [1.82, 2.24) is 19.2 Å². The first kappa shape index (κ1) is 21.9. The molecule has 5 heterocycles. The summed E-state index contributed by atoms with van der Waals surface area (Å²) >= 11 is 6.65. The minimum Gasteiger partial charge on any atom is -0.467 e. The molecule has 33 heavy (non-hydrogen) atoms. The van der Waals surface area contributed by atoms with E-state index in [1.807, 2.05) is 19.1 Å². The molecule has 0 radical (unpaired) electrons. The number of likely N-dealkylation sites (N-methyl/N-ethyl adjacent to an activating group) is 1. The molecule has 2 aliphatic heterocycles. The number of carbonyl (C=O) groups is 1. The lowest BCUT2D eigenvalue weighted by atomic mass is 10.2. The maximum Gasteiger partial charge on any atom is 0.267 e. The summed E-state index contributed by atoms with van der Waals surface area (Å²) in [6.07, 6.45) is 4.93. The Kier molecular flexibility index (Phi) is 5.81. The third-order valence-corrected chi connectivity index (χ3v) is 7.29. The number of thiocarbonyl (C=S) groups is 1. The van der Waals surface area contributed by atoms with E-state index in [2.05, 4.69) is 16.8 Å². The molecule has 170 valence electrons. The highest BCUT2D eigenvalue weighted by Crippen LogP contribution is 2.34. The molecule has 8 nitrogen and oxygen atoms in total. The van der Waals surface area contributed by atoms with Crippen LogP contribution < -0.4 is 10.5 Å². The van der Waals surface area contributed by atoms with Crippen molar-refractivity contribution in [1.29, 1.82) is 0 Å². The van der Waals surface area contributed by atoms with Crippen molar-refractivity contribution in [2.45, 2.75) is 13.5 Å². The highest BCUT2D eigenvalue weighted by atomic mass is 32.2. The average Bonchev–Trinajstić information content (AvgIpc) is 3.41. The van der Waals surface area contributed by atoms with E-state index in [0.29, 0.717) is 32.0 Å². The van der Waals surface area contributed by atoms with Gasteiger partial charge < -0.3 is 14.2 Å². The number of anilines is 1. The molecule has 0 spiro atoms. The SMILES string of the molecule is Cc1cccn2c(=O)c(/C=C3/SC(=S)N(Cc4ccco4)C3=O)c(N3CCN(C)CC3)nc12. The number of carbonyl (C=O) groups excluding carboxylic acids is 1. The summed E-state index contributed by atoms with van der Waals surface area (Å²) in [5.41, 5.74) is 1.75. The molecule has 3 aromatic heterocycles. The number of aryl methyl sites for hydroxylation is 1. The van der Waals surface area contributed by atoms with Gasteiger partial charge >= 0.3 is 0 Å². The van der Waals surface area contributed by atoms with Gasteiger partial charge in [-0.15, -0.1) is 0 Å². The number of hydrogen-bond acceptors (Lipinski definition) is 8. The minimum atomic E-state index is -0.237. The molecule has 0 saturated carbocycles. The van der Waals surface area contributed by atoms with Crippen LogP contribution in [-0.4, -0.2) is 62.6 Å². The van der Waals surface area contributed by atoms with Crippen LogP contribution >= 0.6 is 24.0 Å². The Bertz CT molecular complexity index is 1320. The largest absolute Gasteiger partial charge is 0.467 e. The number of furan rings is 1. The number of thioether (sulfide) groups is 1. The quantitative estimate of drug-likeness (QED) is 0.416. The molecule has 0 bridgehead atoms. The van der Waals surface area contributed by atoms with Crippen LogP contribution in [0.3, 0.4) is 0 Å². The molecule has 0 aliphatic carbocycles. The lowest BCUT2D eigenvalue weighted by Crippen LogP contribution is -2.45. The summed E-state index contributed by atoms with van der Waals surface area (Å²) in [5, 5.41) is 0. The van der Waals surface area contributed by atoms with Crippen molar-refractivity contribution in [3.63, 3.8) is 0 Å². The maximum absolute atomic E-state index is 13.6. The molecule has 3 aromatic rings. The summed E-state index contributed by atoms with van der Waals surface area (Å²) in [6, 6.07) is 7.34. The van der Waals surface area contributed by atoms with Crippen LogP contribution in [0.1, 0.15) is 16.9 Å². The monoisotopic (exact) mass is 481 g/mol. The van der Waals surface area contributed by atoms with Gasteiger partial charge in [-0.3, -0.25) is 18.9 Å². The van der Waals surface area contributed by atoms with Crippen LogP contribution in [0, 0.1) is 6.92 Å². The topological polar surface area (TPSA) is 74.3 Å². The Morgan fingerprint density at radius 3 is 2.70 bits per heavy atom. The first-order valence-electron chi connectivity index (χ1n) is 10.7. The normalized spacial score (nSPS) is 18.8. The highest BCUT2D eigenvalue weighted by molar-refractivity contribution is 8.26. The molecule has 0 atom stereocenters. The summed E-state index contributed by atoms with van der Waals surface area (Å²) < 4.78 is 7.36. The molecule has 0 unspecified atom stereocenters. The second-order valence-electron chi connectivity index (χ2n) is 8.18. The lowest BCUT2D eigenvalue weighted by Gasteiger charge is -2.34. The smallest absolute Gasteiger partial charge is 0.267 e. The van der Waals surface area contributed by atoms with Gasteiger partial charge in [0.15, 0.2) is 0 Å². The Balaban J connectivity index is 1.59. The van der Waals surface area contributed by atoms with Gasteiger partial charge in [-0.25, -0.2) is 4.98 Å². The molecule has 0 N–H and O–H groups in total. The van der Waals surface area contributed by atoms with Crippen LogP contribution in [0.5, 0.6) is 0 Å². The van der Waals surface area contributed by atoms with Crippen molar-refractivity contribution in [3.05, 3.63) is 68.9 Å². The molecule has 2 fully saturated rings. The zero-order valence-electron chi connectivity index (χ0n) is 18.4. The molecule has 2 aliphatic rings. The van der Waals surface area contributed by atoms with Gasteiger partial charge in [0.05, 0.1) is 23.3 Å². The molecule has 5 rings (SSSR count). The van der Waals surface area contributed by atoms with Gasteiger partial charge in [0, 0.05) is 32.4 Å². The van der Waals surface area contributed by atoms with E-state index in [4.69, 9.17) is 21.6 Å². The standard InChI is InChI=1S/C23H23N5O3S2/c1-15-5-3-7-27-19(15)24-20(26-10-8-25(2)9-11-26)17(21(27)29)13-18-22(30)28(23(32)33-18)14-16-6-4-12-31-16/h3-7,12-13H,8-11,14H2,1-2H3/b18-13+. The molecular weight excluding hydrogens is 458 g/mol. The predicted molar refractivity (Wildman–Crippen MR) is 133 cm³/mol. The molecular formula is C23H23N5O3S2. The predicted octanol–water partition coefficient (Wildman–Crippen LogP) is 2.75. The van der Waals surface area contributed by atoms with E-state index >= 15 is 0 Å². The van der Waals surface area contributed by atoms with Crippen LogP contribution in [0.15, 0.2) is 50.8 Å². The van der Waals surface area contributed by atoms with Gasteiger partial charge in [-0.05, 0) is 43.8 Å². The van der Waals surface area contributed by atoms with E-state index in [-0.39, 0.29) is 18.0 Å². The van der Waals surface area contributed by atoms with E-state index in [9.17, 15) is 9.59 Å². The average molecular weight is 482 g/mol. The lowest BCUT2D eigenvalue weighted by molar-refractivity contribution is -0.122. The number of amides is 1. The van der Waals surface area contributed by atoms with Gasteiger partial charge in [0.2, 0.25) is 0 Å². The van der Waals surface area contributed by atoms with Crippen molar-refractivity contribution < 1.29 is 9.21 Å². The fraction of sp³-hybridized carbons (Fsp3) is 0.304. The second-order valence-corrected chi connectivity index (χ2v) is 9.85. The summed E-state index contributed by atoms with van der Waals surface area (Å²) in [7, 11) is 2.08. The zero-order valence-corrected chi connectivity index (χ0v) is 20.0. The fourth-order valence-electron chi connectivity index (χ4n) is 4.01. The Hall–Kier alpha value is -2.95. The van der Waals surface area contributed by atoms with Crippen LogP contribution in [0.2, 0.25) is 0 Å². The molecule has 0 aromatic carbocycles. The third kappa shape index (κ3) is 4.09. The number of rotatable bonds is 4. The first-order valence-corrected chi connectivity index (χ1v) is 11.9. The molecule has 2 saturated heterocycles. The van der Waals surface area contributed by atoms with Crippen LogP contribution in [0.25, 0.3) is 11.7 Å². The fourth-order valence-corrected chi connectivity index (χ4v) is 5.25. The second kappa shape index (κ2) is 8.77. The van der Waals surface area contributed by atoms with Crippen molar-refractivity contribution in [2.24, 2.45) is 0 Å². The third-order valence-electron chi connectivity index (χ3n) is 5.91. The Labute approximate surface area is 200 Å². The Morgan fingerprint density at radius 1 is 1.18 bits per heavy atom. The minimum absolute atomic E-state index is 0.200.